The molecule has 1 heterocycles. The summed E-state index contributed by atoms with van der Waals surface area (Å²) in [5.74, 6) is 1.38. The van der Waals surface area contributed by atoms with Crippen molar-refractivity contribution in [1.82, 2.24) is 4.90 Å². The third kappa shape index (κ3) is 3.89. The van der Waals surface area contributed by atoms with E-state index in [9.17, 15) is 5.11 Å². The summed E-state index contributed by atoms with van der Waals surface area (Å²) >= 11 is 0. The van der Waals surface area contributed by atoms with Crippen LogP contribution >= 0.6 is 0 Å². The third-order valence-corrected chi connectivity index (χ3v) is 4.49. The molecule has 2 N–H and O–H groups in total. The molecule has 1 saturated heterocycles. The highest BCUT2D eigenvalue weighted by atomic mass is 16.5. The lowest BCUT2D eigenvalue weighted by atomic mass is 9.89. The van der Waals surface area contributed by atoms with Gasteiger partial charge in [0.2, 0.25) is 0 Å². The number of nitrogens with one attached hydrogen (secondary N) is 1. The number of hydrogen-bond acceptors (Lipinski definition) is 4. The van der Waals surface area contributed by atoms with Crippen molar-refractivity contribution < 1.29 is 9.84 Å². The molecule has 0 aromatic heterocycles. The van der Waals surface area contributed by atoms with E-state index in [1.807, 2.05) is 25.1 Å². The SMILES string of the molecule is CCOc1ccc(NC2CC(C)N(C)CC2C)cc1CO. The Balaban J connectivity index is 2.08. The van der Waals surface area contributed by atoms with Gasteiger partial charge >= 0.3 is 0 Å². The summed E-state index contributed by atoms with van der Waals surface area (Å²) in [6.07, 6.45) is 1.14. The molecule has 118 valence electrons. The van der Waals surface area contributed by atoms with Crippen LogP contribution in [-0.4, -0.2) is 42.3 Å². The normalized spacial score (nSPS) is 26.6. The molecule has 1 aromatic carbocycles. The van der Waals surface area contributed by atoms with E-state index in [2.05, 4.69) is 31.1 Å². The van der Waals surface area contributed by atoms with Gasteiger partial charge in [0.05, 0.1) is 13.2 Å². The molecule has 21 heavy (non-hydrogen) atoms. The van der Waals surface area contributed by atoms with Gasteiger partial charge in [-0.1, -0.05) is 6.92 Å². The largest absolute Gasteiger partial charge is 0.494 e. The number of likely N-dealkylation sites (tertiary alicyclic amines) is 1. The molecule has 0 spiro atoms. The summed E-state index contributed by atoms with van der Waals surface area (Å²) in [4.78, 5) is 2.42. The fourth-order valence-electron chi connectivity index (χ4n) is 3.05. The monoisotopic (exact) mass is 292 g/mol. The van der Waals surface area contributed by atoms with Crippen LogP contribution in [-0.2, 0) is 6.61 Å². The number of benzene rings is 1. The minimum absolute atomic E-state index is 0.00418. The molecule has 0 radical (unpaired) electrons. The molecule has 1 fully saturated rings. The van der Waals surface area contributed by atoms with E-state index in [1.165, 1.54) is 0 Å². The smallest absolute Gasteiger partial charge is 0.124 e. The number of hydrogen-bond donors (Lipinski definition) is 2. The van der Waals surface area contributed by atoms with Crippen LogP contribution in [0, 0.1) is 5.92 Å². The fourth-order valence-corrected chi connectivity index (χ4v) is 3.05. The molecular weight excluding hydrogens is 264 g/mol. The Kier molecular flexibility index (Phi) is 5.48. The number of aliphatic hydroxyl groups excluding tert-OH is 1. The topological polar surface area (TPSA) is 44.7 Å². The van der Waals surface area contributed by atoms with Crippen LogP contribution in [0.15, 0.2) is 18.2 Å². The standard InChI is InChI=1S/C17H28N2O2/c1-5-21-17-7-6-15(9-14(17)11-20)18-16-8-13(3)19(4)10-12(16)2/h6-7,9,12-13,16,18,20H,5,8,10-11H2,1-4H3. The van der Waals surface area contributed by atoms with E-state index in [0.717, 1.165) is 30.0 Å². The van der Waals surface area contributed by atoms with E-state index in [4.69, 9.17) is 4.74 Å². The first-order chi connectivity index (χ1) is 10.0. The zero-order valence-electron chi connectivity index (χ0n) is 13.6. The quantitative estimate of drug-likeness (QED) is 0.876. The van der Waals surface area contributed by atoms with Crippen molar-refractivity contribution >= 4 is 5.69 Å². The zero-order valence-corrected chi connectivity index (χ0v) is 13.6. The molecular formula is C17H28N2O2. The zero-order chi connectivity index (χ0) is 15.4. The van der Waals surface area contributed by atoms with Gasteiger partial charge in [0.1, 0.15) is 5.75 Å². The molecule has 2 rings (SSSR count). The van der Waals surface area contributed by atoms with Crippen LogP contribution in [0.4, 0.5) is 5.69 Å². The second-order valence-corrected chi connectivity index (χ2v) is 6.17. The Morgan fingerprint density at radius 1 is 1.38 bits per heavy atom. The summed E-state index contributed by atoms with van der Waals surface area (Å²) < 4.78 is 5.53. The number of ether oxygens (including phenoxy) is 1. The second kappa shape index (κ2) is 7.14. The van der Waals surface area contributed by atoms with E-state index in [1.54, 1.807) is 0 Å². The molecule has 0 bridgehead atoms. The average Bonchev–Trinajstić information content (AvgIpc) is 2.46. The Labute approximate surface area is 128 Å². The highest BCUT2D eigenvalue weighted by Crippen LogP contribution is 2.27. The maximum absolute atomic E-state index is 9.49. The molecule has 0 amide bonds. The van der Waals surface area contributed by atoms with E-state index >= 15 is 0 Å². The summed E-state index contributed by atoms with van der Waals surface area (Å²) in [7, 11) is 2.19. The summed E-state index contributed by atoms with van der Waals surface area (Å²) in [6.45, 7) is 8.25. The van der Waals surface area contributed by atoms with Crippen LogP contribution in [0.3, 0.4) is 0 Å². The Morgan fingerprint density at radius 3 is 2.81 bits per heavy atom. The van der Waals surface area contributed by atoms with Gasteiger partial charge in [-0.3, -0.25) is 0 Å². The fraction of sp³-hybridized carbons (Fsp3) is 0.647. The number of aliphatic hydroxyl groups is 1. The van der Waals surface area contributed by atoms with E-state index < -0.39 is 0 Å². The summed E-state index contributed by atoms with van der Waals surface area (Å²) in [5, 5.41) is 13.1. The molecule has 3 unspecified atom stereocenters. The van der Waals surface area contributed by atoms with Crippen LogP contribution < -0.4 is 10.1 Å². The third-order valence-electron chi connectivity index (χ3n) is 4.49. The van der Waals surface area contributed by atoms with Crippen LogP contribution in [0.2, 0.25) is 0 Å². The first-order valence-electron chi connectivity index (χ1n) is 7.88. The molecule has 3 atom stereocenters. The van der Waals surface area contributed by atoms with Crippen molar-refractivity contribution in [1.29, 1.82) is 0 Å². The predicted octanol–water partition coefficient (Wildman–Crippen LogP) is 2.72. The molecule has 4 nitrogen and oxygen atoms in total. The van der Waals surface area contributed by atoms with E-state index in [-0.39, 0.29) is 6.61 Å². The maximum Gasteiger partial charge on any atom is 0.124 e. The Hall–Kier alpha value is -1.26. The van der Waals surface area contributed by atoms with E-state index in [0.29, 0.717) is 24.6 Å². The molecule has 1 aliphatic heterocycles. The highest BCUT2D eigenvalue weighted by Gasteiger charge is 2.28. The molecule has 1 aromatic rings. The number of rotatable bonds is 5. The van der Waals surface area contributed by atoms with Gasteiger partial charge in [-0.05, 0) is 51.4 Å². The van der Waals surface area contributed by atoms with Gasteiger partial charge in [-0.15, -0.1) is 0 Å². The average molecular weight is 292 g/mol. The molecule has 1 aliphatic rings. The van der Waals surface area contributed by atoms with Crippen molar-refractivity contribution in [3.05, 3.63) is 23.8 Å². The molecule has 0 saturated carbocycles. The number of piperidine rings is 1. The number of anilines is 1. The van der Waals surface area contributed by atoms with Crippen LogP contribution in [0.5, 0.6) is 5.75 Å². The maximum atomic E-state index is 9.49. The predicted molar refractivity (Wildman–Crippen MR) is 86.8 cm³/mol. The second-order valence-electron chi connectivity index (χ2n) is 6.17. The minimum Gasteiger partial charge on any atom is -0.494 e. The highest BCUT2D eigenvalue weighted by molar-refractivity contribution is 5.51. The van der Waals surface area contributed by atoms with Crippen LogP contribution in [0.1, 0.15) is 32.8 Å². The molecule has 0 aliphatic carbocycles. The first-order valence-corrected chi connectivity index (χ1v) is 7.88. The lowest BCUT2D eigenvalue weighted by Gasteiger charge is -2.40. The minimum atomic E-state index is 0.00418. The van der Waals surface area contributed by atoms with Crippen molar-refractivity contribution in [2.24, 2.45) is 5.92 Å². The molecule has 4 heteroatoms. The van der Waals surface area contributed by atoms with Gasteiger partial charge in [0.25, 0.3) is 0 Å². The van der Waals surface area contributed by atoms with Crippen molar-refractivity contribution in [2.75, 3.05) is 25.5 Å². The van der Waals surface area contributed by atoms with Gasteiger partial charge in [0, 0.05) is 29.9 Å². The Morgan fingerprint density at radius 2 is 2.14 bits per heavy atom. The van der Waals surface area contributed by atoms with Crippen molar-refractivity contribution in [3.8, 4) is 5.75 Å². The Bertz CT molecular complexity index is 464. The van der Waals surface area contributed by atoms with Crippen molar-refractivity contribution in [3.63, 3.8) is 0 Å². The van der Waals surface area contributed by atoms with Crippen molar-refractivity contribution in [2.45, 2.75) is 45.9 Å². The van der Waals surface area contributed by atoms with Gasteiger partial charge in [0.15, 0.2) is 0 Å². The van der Waals surface area contributed by atoms with Gasteiger partial charge in [-0.2, -0.15) is 0 Å². The first kappa shape index (κ1) is 16.1. The van der Waals surface area contributed by atoms with Gasteiger partial charge in [-0.25, -0.2) is 0 Å². The summed E-state index contributed by atoms with van der Waals surface area (Å²) in [5.41, 5.74) is 1.91. The number of nitrogens with zero attached hydrogens (tertiary/aromatic N) is 1. The lowest BCUT2D eigenvalue weighted by molar-refractivity contribution is 0.145. The lowest BCUT2D eigenvalue weighted by Crippen LogP contribution is -2.48. The summed E-state index contributed by atoms with van der Waals surface area (Å²) in [6, 6.07) is 7.06. The van der Waals surface area contributed by atoms with Gasteiger partial charge < -0.3 is 20.1 Å². The van der Waals surface area contributed by atoms with Crippen LogP contribution in [0.25, 0.3) is 0 Å².